The van der Waals surface area contributed by atoms with E-state index in [1.807, 2.05) is 0 Å². The maximum atomic E-state index is 12.4. The molecule has 0 atom stereocenters. The highest BCUT2D eigenvalue weighted by molar-refractivity contribution is 6.09. The van der Waals surface area contributed by atoms with Crippen molar-refractivity contribution in [3.8, 4) is 5.75 Å². The number of hydrogen-bond donors (Lipinski definition) is 0. The molecule has 2 rings (SSSR count). The van der Waals surface area contributed by atoms with Gasteiger partial charge in [0.05, 0.1) is 16.6 Å². The predicted molar refractivity (Wildman–Crippen MR) is 67.4 cm³/mol. The lowest BCUT2D eigenvalue weighted by Crippen LogP contribution is -2.10. The largest absolute Gasteiger partial charge is 0.434 e. The van der Waals surface area contributed by atoms with Crippen molar-refractivity contribution < 1.29 is 23.2 Å². The predicted octanol–water partition coefficient (Wildman–Crippen LogP) is 2.82. The second-order valence-corrected chi connectivity index (χ2v) is 3.86. The molecular formula is C13H8F2N2O4. The highest BCUT2D eigenvalue weighted by Crippen LogP contribution is 2.28. The number of halogens is 2. The third-order valence-electron chi connectivity index (χ3n) is 2.53. The first-order valence-electron chi connectivity index (χ1n) is 5.68. The fourth-order valence-electron chi connectivity index (χ4n) is 1.64. The van der Waals surface area contributed by atoms with Crippen LogP contribution < -0.4 is 4.74 Å². The van der Waals surface area contributed by atoms with Gasteiger partial charge in [0.2, 0.25) is 5.78 Å². The number of ether oxygens (including phenoxy) is 1. The molecular weight excluding hydrogens is 286 g/mol. The van der Waals surface area contributed by atoms with E-state index in [4.69, 9.17) is 0 Å². The summed E-state index contributed by atoms with van der Waals surface area (Å²) >= 11 is 0. The van der Waals surface area contributed by atoms with E-state index in [1.165, 1.54) is 12.3 Å². The third-order valence-corrected chi connectivity index (χ3v) is 2.53. The number of ketones is 1. The summed E-state index contributed by atoms with van der Waals surface area (Å²) < 4.78 is 29.0. The van der Waals surface area contributed by atoms with Crippen LogP contribution in [-0.2, 0) is 0 Å². The molecule has 8 heteroatoms. The SMILES string of the molecule is O=C(c1ccccn1)c1ccc([N+](=O)[O-])cc1OC(F)F. The molecule has 1 aromatic carbocycles. The Hall–Kier alpha value is -2.90. The fraction of sp³-hybridized carbons (Fsp3) is 0.0769. The van der Waals surface area contributed by atoms with Crippen molar-refractivity contribution in [2.75, 3.05) is 0 Å². The van der Waals surface area contributed by atoms with Gasteiger partial charge in [0.1, 0.15) is 11.4 Å². The first kappa shape index (κ1) is 14.5. The summed E-state index contributed by atoms with van der Waals surface area (Å²) in [7, 11) is 0. The average molecular weight is 294 g/mol. The van der Waals surface area contributed by atoms with Gasteiger partial charge in [-0.3, -0.25) is 19.9 Å². The van der Waals surface area contributed by atoms with Gasteiger partial charge in [-0.2, -0.15) is 8.78 Å². The van der Waals surface area contributed by atoms with Gasteiger partial charge in [-0.1, -0.05) is 6.07 Å². The van der Waals surface area contributed by atoms with Crippen molar-refractivity contribution in [2.45, 2.75) is 6.61 Å². The van der Waals surface area contributed by atoms with Crippen LogP contribution in [0.2, 0.25) is 0 Å². The lowest BCUT2D eigenvalue weighted by Gasteiger charge is -2.09. The smallest absolute Gasteiger partial charge is 0.387 e. The molecule has 0 spiro atoms. The summed E-state index contributed by atoms with van der Waals surface area (Å²) in [6, 6.07) is 7.42. The molecule has 0 saturated carbocycles. The molecule has 0 bridgehead atoms. The highest BCUT2D eigenvalue weighted by Gasteiger charge is 2.21. The van der Waals surface area contributed by atoms with Crippen LogP contribution in [-0.4, -0.2) is 22.3 Å². The first-order valence-corrected chi connectivity index (χ1v) is 5.68. The molecule has 1 heterocycles. The number of benzene rings is 1. The van der Waals surface area contributed by atoms with Gasteiger partial charge in [-0.15, -0.1) is 0 Å². The third kappa shape index (κ3) is 3.35. The number of aromatic nitrogens is 1. The topological polar surface area (TPSA) is 82.3 Å². The zero-order chi connectivity index (χ0) is 15.4. The molecule has 0 saturated heterocycles. The minimum atomic E-state index is -3.21. The Morgan fingerprint density at radius 1 is 1.29 bits per heavy atom. The molecule has 108 valence electrons. The minimum Gasteiger partial charge on any atom is -0.434 e. The molecule has 0 amide bonds. The van der Waals surface area contributed by atoms with Gasteiger partial charge >= 0.3 is 6.61 Å². The van der Waals surface area contributed by atoms with Crippen molar-refractivity contribution in [1.82, 2.24) is 4.98 Å². The summed E-state index contributed by atoms with van der Waals surface area (Å²) in [5.74, 6) is -1.23. The maximum Gasteiger partial charge on any atom is 0.387 e. The number of carbonyl (C=O) groups is 1. The van der Waals surface area contributed by atoms with Gasteiger partial charge in [0.15, 0.2) is 0 Å². The Morgan fingerprint density at radius 3 is 2.62 bits per heavy atom. The van der Waals surface area contributed by atoms with E-state index in [-0.39, 0.29) is 11.3 Å². The van der Waals surface area contributed by atoms with E-state index in [2.05, 4.69) is 9.72 Å². The van der Waals surface area contributed by atoms with E-state index < -0.39 is 28.8 Å². The Bertz CT molecular complexity index is 677. The number of rotatable bonds is 5. The van der Waals surface area contributed by atoms with E-state index in [0.29, 0.717) is 0 Å². The zero-order valence-electron chi connectivity index (χ0n) is 10.4. The molecule has 0 aliphatic carbocycles. The van der Waals surface area contributed by atoms with Crippen molar-refractivity contribution in [2.24, 2.45) is 0 Å². The van der Waals surface area contributed by atoms with Crippen molar-refractivity contribution in [1.29, 1.82) is 0 Å². The minimum absolute atomic E-state index is 0.0190. The molecule has 0 radical (unpaired) electrons. The van der Waals surface area contributed by atoms with Gasteiger partial charge < -0.3 is 4.74 Å². The number of nitrogens with zero attached hydrogens (tertiary/aromatic N) is 2. The lowest BCUT2D eigenvalue weighted by molar-refractivity contribution is -0.385. The summed E-state index contributed by atoms with van der Waals surface area (Å²) in [5.41, 5.74) is -0.659. The van der Waals surface area contributed by atoms with Gasteiger partial charge in [0.25, 0.3) is 5.69 Å². The number of carbonyl (C=O) groups excluding carboxylic acids is 1. The molecule has 0 fully saturated rings. The molecule has 21 heavy (non-hydrogen) atoms. The van der Waals surface area contributed by atoms with Gasteiger partial charge in [-0.05, 0) is 18.2 Å². The highest BCUT2D eigenvalue weighted by atomic mass is 19.3. The van der Waals surface area contributed by atoms with Crippen molar-refractivity contribution >= 4 is 11.5 Å². The van der Waals surface area contributed by atoms with Gasteiger partial charge in [0, 0.05) is 12.3 Å². The molecule has 1 aromatic heterocycles. The standard InChI is InChI=1S/C13H8F2N2O4/c14-13(15)21-11-7-8(17(19)20)4-5-9(11)12(18)10-3-1-2-6-16-10/h1-7,13H. The van der Waals surface area contributed by atoms with Gasteiger partial charge in [-0.25, -0.2) is 0 Å². The van der Waals surface area contributed by atoms with Crippen LogP contribution in [0.4, 0.5) is 14.5 Å². The number of hydrogen-bond acceptors (Lipinski definition) is 5. The molecule has 0 aliphatic heterocycles. The summed E-state index contributed by atoms with van der Waals surface area (Å²) in [5, 5.41) is 10.7. The summed E-state index contributed by atoms with van der Waals surface area (Å²) in [6.45, 7) is -3.21. The van der Waals surface area contributed by atoms with E-state index in [9.17, 15) is 23.7 Å². The zero-order valence-corrected chi connectivity index (χ0v) is 10.4. The first-order chi connectivity index (χ1) is 9.99. The fourth-order valence-corrected chi connectivity index (χ4v) is 1.64. The Labute approximate surface area is 117 Å². The average Bonchev–Trinajstić information content (AvgIpc) is 2.46. The lowest BCUT2D eigenvalue weighted by atomic mass is 10.1. The van der Waals surface area contributed by atoms with Crippen LogP contribution in [0.5, 0.6) is 5.75 Å². The second kappa shape index (κ2) is 6.04. The van der Waals surface area contributed by atoms with E-state index >= 15 is 0 Å². The Kier molecular flexibility index (Phi) is 4.17. The number of pyridine rings is 1. The normalized spacial score (nSPS) is 10.4. The monoisotopic (exact) mass is 294 g/mol. The Morgan fingerprint density at radius 2 is 2.05 bits per heavy atom. The van der Waals surface area contributed by atoms with Crippen molar-refractivity contribution in [3.63, 3.8) is 0 Å². The van der Waals surface area contributed by atoms with Crippen LogP contribution in [0.25, 0.3) is 0 Å². The molecule has 0 aliphatic rings. The molecule has 2 aromatic rings. The quantitative estimate of drug-likeness (QED) is 0.481. The van der Waals surface area contributed by atoms with Crippen molar-refractivity contribution in [3.05, 3.63) is 64.0 Å². The van der Waals surface area contributed by atoms with Crippen LogP contribution >= 0.6 is 0 Å². The molecule has 6 nitrogen and oxygen atoms in total. The van der Waals surface area contributed by atoms with E-state index in [1.54, 1.807) is 12.1 Å². The van der Waals surface area contributed by atoms with Crippen LogP contribution in [0.15, 0.2) is 42.6 Å². The maximum absolute atomic E-state index is 12.4. The van der Waals surface area contributed by atoms with Crippen LogP contribution in [0.1, 0.15) is 16.1 Å². The number of nitro groups is 1. The summed E-state index contributed by atoms with van der Waals surface area (Å²) in [6.07, 6.45) is 1.37. The van der Waals surface area contributed by atoms with Crippen LogP contribution in [0, 0.1) is 10.1 Å². The van der Waals surface area contributed by atoms with E-state index in [0.717, 1.165) is 18.2 Å². The second-order valence-electron chi connectivity index (χ2n) is 3.86. The number of nitro benzene ring substituents is 1. The number of non-ortho nitro benzene ring substituents is 1. The molecule has 0 unspecified atom stereocenters. The van der Waals surface area contributed by atoms with Crippen LogP contribution in [0.3, 0.4) is 0 Å². The summed E-state index contributed by atoms with van der Waals surface area (Å²) in [4.78, 5) is 25.9. The Balaban J connectivity index is 2.47. The number of alkyl halides is 2. The molecule has 0 N–H and O–H groups in total.